The molecule has 0 aliphatic heterocycles. The van der Waals surface area contributed by atoms with E-state index < -0.39 is 8.07 Å². The monoisotopic (exact) mass is 355 g/mol. The summed E-state index contributed by atoms with van der Waals surface area (Å²) in [7, 11) is -0.602. The highest BCUT2D eigenvalue weighted by Crippen LogP contribution is 2.34. The summed E-state index contributed by atoms with van der Waals surface area (Å²) in [5, 5.41) is 6.32. The van der Waals surface area contributed by atoms with E-state index in [0.29, 0.717) is 0 Å². The molecule has 0 aliphatic rings. The van der Waals surface area contributed by atoms with Crippen molar-refractivity contribution < 1.29 is 0 Å². The fourth-order valence-electron chi connectivity index (χ4n) is 2.09. The van der Waals surface area contributed by atoms with Gasteiger partial charge in [0.05, 0.1) is 8.07 Å². The maximum absolute atomic E-state index is 3.68. The third-order valence-corrected chi connectivity index (χ3v) is 5.75. The van der Waals surface area contributed by atoms with Gasteiger partial charge in [-0.3, -0.25) is 0 Å². The summed E-state index contributed by atoms with van der Waals surface area (Å²) in [4.78, 5) is 0. The highest BCUT2D eigenvalue weighted by Gasteiger charge is 2.13. The summed E-state index contributed by atoms with van der Waals surface area (Å²) in [5.41, 5.74) is 1.14. The molecule has 0 fully saturated rings. The predicted molar refractivity (Wildman–Crippen MR) is 96.8 cm³/mol. The van der Waals surface area contributed by atoms with Crippen LogP contribution in [0.3, 0.4) is 0 Å². The second kappa shape index (κ2) is 6.89. The van der Waals surface area contributed by atoms with Crippen molar-refractivity contribution in [3.8, 4) is 0 Å². The van der Waals surface area contributed by atoms with Crippen molar-refractivity contribution in [1.82, 2.24) is 0 Å². The smallest absolute Gasteiger partial charge is 0.0522 e. The van der Waals surface area contributed by atoms with Crippen LogP contribution in [0.5, 0.6) is 0 Å². The first kappa shape index (κ1) is 14.3. The van der Waals surface area contributed by atoms with E-state index in [9.17, 15) is 0 Å². The number of rotatable bonds is 4. The molecule has 0 aliphatic carbocycles. The van der Waals surface area contributed by atoms with Crippen LogP contribution in [-0.4, -0.2) is 0 Å². The molecule has 0 amide bonds. The van der Waals surface area contributed by atoms with Gasteiger partial charge < -0.3 is 5.09 Å². The number of hydrogen-bond acceptors (Lipinski definition) is 1. The molecule has 0 heterocycles. The number of anilines is 1. The molecule has 0 saturated carbocycles. The average Bonchev–Trinajstić information content (AvgIpc) is 2.56. The number of benzene rings is 3. The topological polar surface area (TPSA) is 12.0 Å². The highest BCUT2D eigenvalue weighted by atomic mass is 79.9. The van der Waals surface area contributed by atoms with Gasteiger partial charge in [0.2, 0.25) is 0 Å². The SMILES string of the molecule is Brc1ccc(NP(c2ccccc2)c2ccccc2)cc1. The largest absolute Gasteiger partial charge is 0.357 e. The summed E-state index contributed by atoms with van der Waals surface area (Å²) in [6, 6.07) is 29.6. The number of nitrogens with one attached hydrogen (secondary N) is 1. The Labute approximate surface area is 135 Å². The molecule has 3 rings (SSSR count). The van der Waals surface area contributed by atoms with Crippen LogP contribution in [0, 0.1) is 0 Å². The van der Waals surface area contributed by atoms with Crippen LogP contribution in [0.4, 0.5) is 5.69 Å². The summed E-state index contributed by atoms with van der Waals surface area (Å²) < 4.78 is 1.09. The van der Waals surface area contributed by atoms with Crippen LogP contribution in [0.1, 0.15) is 0 Å². The van der Waals surface area contributed by atoms with Crippen molar-refractivity contribution in [1.29, 1.82) is 0 Å². The molecule has 0 atom stereocenters. The van der Waals surface area contributed by atoms with Crippen LogP contribution >= 0.6 is 24.0 Å². The van der Waals surface area contributed by atoms with Crippen LogP contribution in [0.25, 0.3) is 0 Å². The lowest BCUT2D eigenvalue weighted by Crippen LogP contribution is -2.16. The number of halogens is 1. The van der Waals surface area contributed by atoms with E-state index >= 15 is 0 Å². The Bertz CT molecular complexity index is 644. The fourth-order valence-corrected chi connectivity index (χ4v) is 4.25. The summed E-state index contributed by atoms with van der Waals surface area (Å²) in [6.07, 6.45) is 0. The van der Waals surface area contributed by atoms with Gasteiger partial charge in [-0.15, -0.1) is 0 Å². The molecule has 0 unspecified atom stereocenters. The molecule has 1 N–H and O–H groups in total. The molecule has 0 radical (unpaired) electrons. The van der Waals surface area contributed by atoms with E-state index in [1.807, 2.05) is 0 Å². The van der Waals surface area contributed by atoms with Crippen LogP contribution in [0.2, 0.25) is 0 Å². The molecule has 1 nitrogen and oxygen atoms in total. The van der Waals surface area contributed by atoms with Crippen molar-refractivity contribution >= 4 is 40.3 Å². The third kappa shape index (κ3) is 3.72. The standard InChI is InChI=1S/C18H15BrNP/c19-15-11-13-16(14-12-15)20-21(17-7-3-1-4-8-17)18-9-5-2-6-10-18/h1-14,20H. The highest BCUT2D eigenvalue weighted by molar-refractivity contribution is 9.10. The second-order valence-corrected chi connectivity index (χ2v) is 7.47. The lowest BCUT2D eigenvalue weighted by molar-refractivity contribution is 1.63. The van der Waals surface area contributed by atoms with Gasteiger partial charge in [0.1, 0.15) is 0 Å². The molecule has 3 heteroatoms. The lowest BCUT2D eigenvalue weighted by Gasteiger charge is -2.21. The average molecular weight is 356 g/mol. The Morgan fingerprint density at radius 1 is 0.619 bits per heavy atom. The van der Waals surface area contributed by atoms with E-state index in [1.165, 1.54) is 10.6 Å². The quantitative estimate of drug-likeness (QED) is 0.655. The molecular formula is C18H15BrNP. The lowest BCUT2D eigenvalue weighted by atomic mass is 10.3. The maximum atomic E-state index is 3.68. The van der Waals surface area contributed by atoms with Crippen LogP contribution in [-0.2, 0) is 0 Å². The van der Waals surface area contributed by atoms with E-state index in [2.05, 4.69) is 106 Å². The van der Waals surface area contributed by atoms with Crippen molar-refractivity contribution in [2.24, 2.45) is 0 Å². The van der Waals surface area contributed by atoms with Crippen LogP contribution in [0.15, 0.2) is 89.4 Å². The van der Waals surface area contributed by atoms with Gasteiger partial charge in [-0.05, 0) is 24.3 Å². The van der Waals surface area contributed by atoms with Gasteiger partial charge in [-0.25, -0.2) is 0 Å². The van der Waals surface area contributed by atoms with Crippen LogP contribution < -0.4 is 15.7 Å². The maximum Gasteiger partial charge on any atom is 0.0522 e. The summed E-state index contributed by atoms with van der Waals surface area (Å²) >= 11 is 3.48. The first-order valence-electron chi connectivity index (χ1n) is 6.75. The second-order valence-electron chi connectivity index (χ2n) is 4.63. The van der Waals surface area contributed by atoms with Crippen molar-refractivity contribution in [3.63, 3.8) is 0 Å². The Morgan fingerprint density at radius 3 is 1.57 bits per heavy atom. The molecule has 3 aromatic carbocycles. The Morgan fingerprint density at radius 2 is 1.10 bits per heavy atom. The summed E-state index contributed by atoms with van der Waals surface area (Å²) in [5.74, 6) is 0. The van der Waals surface area contributed by atoms with Crippen molar-refractivity contribution in [2.45, 2.75) is 0 Å². The van der Waals surface area contributed by atoms with Gasteiger partial charge in [-0.1, -0.05) is 76.6 Å². The third-order valence-electron chi connectivity index (χ3n) is 3.11. The first-order chi connectivity index (χ1) is 10.3. The zero-order valence-electron chi connectivity index (χ0n) is 11.4. The molecule has 0 bridgehead atoms. The predicted octanol–water partition coefficient (Wildman–Crippen LogP) is 4.91. The van der Waals surface area contributed by atoms with Crippen molar-refractivity contribution in [3.05, 3.63) is 89.4 Å². The zero-order valence-corrected chi connectivity index (χ0v) is 13.9. The van der Waals surface area contributed by atoms with Gasteiger partial charge in [0.15, 0.2) is 0 Å². The number of hydrogen-bond donors (Lipinski definition) is 1. The minimum absolute atomic E-state index is 0.602. The van der Waals surface area contributed by atoms with Gasteiger partial charge in [0, 0.05) is 20.8 Å². The van der Waals surface area contributed by atoms with Crippen molar-refractivity contribution in [2.75, 3.05) is 5.09 Å². The van der Waals surface area contributed by atoms with Gasteiger partial charge in [0.25, 0.3) is 0 Å². The van der Waals surface area contributed by atoms with E-state index in [-0.39, 0.29) is 0 Å². The van der Waals surface area contributed by atoms with Gasteiger partial charge >= 0.3 is 0 Å². The Kier molecular flexibility index (Phi) is 4.69. The molecule has 0 aromatic heterocycles. The molecular weight excluding hydrogens is 341 g/mol. The molecule has 0 spiro atoms. The first-order valence-corrected chi connectivity index (χ1v) is 8.89. The normalized spacial score (nSPS) is 10.6. The molecule has 21 heavy (non-hydrogen) atoms. The van der Waals surface area contributed by atoms with E-state index in [1.54, 1.807) is 0 Å². The fraction of sp³-hybridized carbons (Fsp3) is 0. The molecule has 0 saturated heterocycles. The van der Waals surface area contributed by atoms with E-state index in [4.69, 9.17) is 0 Å². The minimum atomic E-state index is -0.602. The molecule has 3 aromatic rings. The van der Waals surface area contributed by atoms with Gasteiger partial charge in [-0.2, -0.15) is 0 Å². The Hall–Kier alpha value is -1.63. The molecule has 104 valence electrons. The Balaban J connectivity index is 1.95. The summed E-state index contributed by atoms with van der Waals surface area (Å²) in [6.45, 7) is 0. The minimum Gasteiger partial charge on any atom is -0.357 e. The van der Waals surface area contributed by atoms with E-state index in [0.717, 1.165) is 10.2 Å². The zero-order chi connectivity index (χ0) is 14.5.